The first-order valence-electron chi connectivity index (χ1n) is 9.14. The molecule has 1 aromatic heterocycles. The molecule has 28 heavy (non-hydrogen) atoms. The Balaban J connectivity index is 1.62. The minimum atomic E-state index is 0.532. The second-order valence-electron chi connectivity index (χ2n) is 6.56. The zero-order valence-corrected chi connectivity index (χ0v) is 16.6. The van der Waals surface area contributed by atoms with Crippen molar-refractivity contribution in [1.29, 1.82) is 0 Å². The zero-order chi connectivity index (χ0) is 19.5. The first-order valence-corrected chi connectivity index (χ1v) is 9.52. The lowest BCUT2D eigenvalue weighted by atomic mass is 10.2. The summed E-state index contributed by atoms with van der Waals surface area (Å²) >= 11 is 6.09. The van der Waals surface area contributed by atoms with Crippen molar-refractivity contribution in [3.05, 3.63) is 77.3 Å². The molecule has 0 aliphatic rings. The number of imidazole rings is 1. The summed E-state index contributed by atoms with van der Waals surface area (Å²) in [5.74, 6) is 2.56. The Hall–Kier alpha value is -2.98. The molecule has 0 aliphatic heterocycles. The predicted octanol–water partition coefficient (Wildman–Crippen LogP) is 5.75. The Labute approximate surface area is 169 Å². The molecule has 0 N–H and O–H groups in total. The van der Waals surface area contributed by atoms with Crippen LogP contribution in [0.4, 0.5) is 0 Å². The van der Waals surface area contributed by atoms with Crippen LogP contribution >= 0.6 is 11.6 Å². The van der Waals surface area contributed by atoms with E-state index in [1.807, 2.05) is 67.6 Å². The van der Waals surface area contributed by atoms with Gasteiger partial charge in [0.1, 0.15) is 23.9 Å². The van der Waals surface area contributed by atoms with E-state index in [1.54, 1.807) is 7.11 Å². The third-order valence-corrected chi connectivity index (χ3v) is 5.14. The highest BCUT2D eigenvalue weighted by atomic mass is 35.5. The molecule has 1 heterocycles. The summed E-state index contributed by atoms with van der Waals surface area (Å²) in [7, 11) is 1.67. The maximum atomic E-state index is 6.09. The van der Waals surface area contributed by atoms with Crippen molar-refractivity contribution in [3.8, 4) is 22.9 Å². The molecule has 0 fully saturated rings. The van der Waals surface area contributed by atoms with Crippen LogP contribution in [0.5, 0.6) is 11.5 Å². The van der Waals surface area contributed by atoms with Crippen molar-refractivity contribution in [3.63, 3.8) is 0 Å². The van der Waals surface area contributed by atoms with Gasteiger partial charge in [0, 0.05) is 10.6 Å². The summed E-state index contributed by atoms with van der Waals surface area (Å²) in [6.45, 7) is 3.19. The van der Waals surface area contributed by atoms with Crippen LogP contribution in [0.2, 0.25) is 5.02 Å². The molecule has 4 rings (SSSR count). The average molecular weight is 393 g/mol. The Morgan fingerprint density at radius 1 is 0.964 bits per heavy atom. The third kappa shape index (κ3) is 3.69. The van der Waals surface area contributed by atoms with E-state index in [1.165, 1.54) is 0 Å². The molecule has 3 aromatic carbocycles. The topological polar surface area (TPSA) is 36.3 Å². The van der Waals surface area contributed by atoms with Crippen molar-refractivity contribution in [2.24, 2.45) is 0 Å². The van der Waals surface area contributed by atoms with Gasteiger partial charge in [-0.05, 0) is 67.1 Å². The Morgan fingerprint density at radius 3 is 2.46 bits per heavy atom. The van der Waals surface area contributed by atoms with Gasteiger partial charge in [0.2, 0.25) is 0 Å². The highest BCUT2D eigenvalue weighted by Crippen LogP contribution is 2.27. The number of aromatic nitrogens is 2. The lowest BCUT2D eigenvalue weighted by molar-refractivity contribution is 0.300. The van der Waals surface area contributed by atoms with Crippen molar-refractivity contribution in [1.82, 2.24) is 9.55 Å². The van der Waals surface area contributed by atoms with Gasteiger partial charge in [-0.25, -0.2) is 4.98 Å². The van der Waals surface area contributed by atoms with Crippen molar-refractivity contribution in [2.45, 2.75) is 13.5 Å². The second-order valence-corrected chi connectivity index (χ2v) is 6.97. The predicted molar refractivity (Wildman–Crippen MR) is 113 cm³/mol. The summed E-state index contributed by atoms with van der Waals surface area (Å²) in [4.78, 5) is 4.84. The maximum absolute atomic E-state index is 6.09. The molecule has 0 spiro atoms. The summed E-state index contributed by atoms with van der Waals surface area (Å²) in [6.07, 6.45) is 0. The monoisotopic (exact) mass is 392 g/mol. The number of nitrogens with zero attached hydrogens (tertiary/aromatic N) is 2. The minimum absolute atomic E-state index is 0.532. The lowest BCUT2D eigenvalue weighted by Crippen LogP contribution is -2.09. The van der Waals surface area contributed by atoms with Gasteiger partial charge in [0.25, 0.3) is 0 Å². The van der Waals surface area contributed by atoms with Crippen LogP contribution < -0.4 is 9.47 Å². The molecular formula is C23H21ClN2O2. The van der Waals surface area contributed by atoms with E-state index in [4.69, 9.17) is 26.1 Å². The SMILES string of the molecule is COc1ccc(-c2nc3ccccc3n2CCOc2ccc(Cl)c(C)c2)cc1. The molecule has 0 aliphatic carbocycles. The Kier molecular flexibility index (Phi) is 5.22. The third-order valence-electron chi connectivity index (χ3n) is 4.72. The number of hydrogen-bond donors (Lipinski definition) is 0. The standard InChI is InChI=1S/C23H21ClN2O2/c1-16-15-19(11-12-20(16)24)28-14-13-26-22-6-4-3-5-21(22)25-23(26)17-7-9-18(27-2)10-8-17/h3-12,15H,13-14H2,1-2H3. The van der Waals surface area contributed by atoms with Crippen LogP contribution in [0.15, 0.2) is 66.7 Å². The number of rotatable bonds is 6. The number of benzene rings is 3. The van der Waals surface area contributed by atoms with Gasteiger partial charge in [-0.15, -0.1) is 0 Å². The number of fused-ring (bicyclic) bond motifs is 1. The quantitative estimate of drug-likeness (QED) is 0.419. The number of halogens is 1. The van der Waals surface area contributed by atoms with Crippen LogP contribution in [-0.2, 0) is 6.54 Å². The highest BCUT2D eigenvalue weighted by molar-refractivity contribution is 6.31. The van der Waals surface area contributed by atoms with Gasteiger partial charge in [-0.3, -0.25) is 0 Å². The summed E-state index contributed by atoms with van der Waals surface area (Å²) < 4.78 is 13.4. The van der Waals surface area contributed by atoms with Crippen LogP contribution in [0.25, 0.3) is 22.4 Å². The van der Waals surface area contributed by atoms with Gasteiger partial charge in [-0.1, -0.05) is 23.7 Å². The number of hydrogen-bond acceptors (Lipinski definition) is 3. The Bertz CT molecular complexity index is 1100. The number of aryl methyl sites for hydroxylation is 1. The highest BCUT2D eigenvalue weighted by Gasteiger charge is 2.12. The minimum Gasteiger partial charge on any atom is -0.497 e. The van der Waals surface area contributed by atoms with Crippen LogP contribution in [0.1, 0.15) is 5.56 Å². The lowest BCUT2D eigenvalue weighted by Gasteiger charge is -2.12. The van der Waals surface area contributed by atoms with E-state index < -0.39 is 0 Å². The van der Waals surface area contributed by atoms with Gasteiger partial charge in [0.15, 0.2) is 0 Å². The van der Waals surface area contributed by atoms with E-state index in [9.17, 15) is 0 Å². The number of ether oxygens (including phenoxy) is 2. The Morgan fingerprint density at radius 2 is 1.71 bits per heavy atom. The van der Waals surface area contributed by atoms with Crippen LogP contribution in [0, 0.1) is 6.92 Å². The van der Waals surface area contributed by atoms with Crippen molar-refractivity contribution >= 4 is 22.6 Å². The molecular weight excluding hydrogens is 372 g/mol. The zero-order valence-electron chi connectivity index (χ0n) is 15.9. The van der Waals surface area contributed by atoms with E-state index in [-0.39, 0.29) is 0 Å². The molecule has 142 valence electrons. The molecule has 0 atom stereocenters. The smallest absolute Gasteiger partial charge is 0.141 e. The van der Waals surface area contributed by atoms with Crippen LogP contribution in [-0.4, -0.2) is 23.3 Å². The first-order chi connectivity index (χ1) is 13.7. The molecule has 0 unspecified atom stereocenters. The summed E-state index contributed by atoms with van der Waals surface area (Å²) in [6, 6.07) is 21.8. The van der Waals surface area contributed by atoms with Crippen molar-refractivity contribution in [2.75, 3.05) is 13.7 Å². The fraction of sp³-hybridized carbons (Fsp3) is 0.174. The van der Waals surface area contributed by atoms with Gasteiger partial charge in [-0.2, -0.15) is 0 Å². The molecule has 0 radical (unpaired) electrons. The molecule has 0 bridgehead atoms. The first kappa shape index (κ1) is 18.4. The summed E-state index contributed by atoms with van der Waals surface area (Å²) in [5.41, 5.74) is 4.10. The molecule has 0 amide bonds. The van der Waals surface area contributed by atoms with Crippen LogP contribution in [0.3, 0.4) is 0 Å². The summed E-state index contributed by atoms with van der Waals surface area (Å²) in [5, 5.41) is 0.745. The van der Waals surface area contributed by atoms with Gasteiger partial charge in [0.05, 0.1) is 24.7 Å². The molecule has 4 nitrogen and oxygen atoms in total. The van der Waals surface area contributed by atoms with Gasteiger partial charge < -0.3 is 14.0 Å². The number of methoxy groups -OCH3 is 1. The molecule has 5 heteroatoms. The fourth-order valence-electron chi connectivity index (χ4n) is 3.22. The van der Waals surface area contributed by atoms with E-state index in [2.05, 4.69) is 10.6 Å². The van der Waals surface area contributed by atoms with E-state index in [0.717, 1.165) is 44.5 Å². The molecule has 0 saturated carbocycles. The largest absolute Gasteiger partial charge is 0.497 e. The normalized spacial score (nSPS) is 11.0. The van der Waals surface area contributed by atoms with Gasteiger partial charge >= 0.3 is 0 Å². The van der Waals surface area contributed by atoms with E-state index in [0.29, 0.717) is 13.2 Å². The number of para-hydroxylation sites is 2. The van der Waals surface area contributed by atoms with Crippen molar-refractivity contribution < 1.29 is 9.47 Å². The average Bonchev–Trinajstić information content (AvgIpc) is 3.09. The molecule has 4 aromatic rings. The maximum Gasteiger partial charge on any atom is 0.141 e. The van der Waals surface area contributed by atoms with E-state index >= 15 is 0 Å². The second kappa shape index (κ2) is 7.95. The fourth-order valence-corrected chi connectivity index (χ4v) is 3.34. The molecule has 0 saturated heterocycles.